The van der Waals surface area contributed by atoms with Crippen molar-refractivity contribution in [2.45, 2.75) is 60.0 Å². The van der Waals surface area contributed by atoms with Gasteiger partial charge < -0.3 is 5.11 Å². The van der Waals surface area contributed by atoms with Crippen LogP contribution in [-0.2, 0) is 9.59 Å². The third-order valence-electron chi connectivity index (χ3n) is 5.38. The maximum Gasteiger partial charge on any atom is 0.190 e. The number of ketones is 2. The number of aliphatic hydroxyl groups excluding tert-OH is 1. The molecule has 0 unspecified atom stereocenters. The van der Waals surface area contributed by atoms with E-state index in [9.17, 15) is 14.7 Å². The zero-order chi connectivity index (χ0) is 17.4. The molecule has 0 aromatic rings. The Hall–Kier alpha value is -1.48. The van der Waals surface area contributed by atoms with Crippen molar-refractivity contribution in [1.82, 2.24) is 0 Å². The molecule has 126 valence electrons. The van der Waals surface area contributed by atoms with Gasteiger partial charge in [0.05, 0.1) is 0 Å². The van der Waals surface area contributed by atoms with Gasteiger partial charge in [0.25, 0.3) is 0 Å². The molecule has 0 radical (unpaired) electrons. The van der Waals surface area contributed by atoms with E-state index in [1.54, 1.807) is 19.9 Å². The Balaban J connectivity index is 2.32. The molecule has 0 heterocycles. The van der Waals surface area contributed by atoms with E-state index in [1.807, 2.05) is 13.0 Å². The summed E-state index contributed by atoms with van der Waals surface area (Å²) < 4.78 is 0. The van der Waals surface area contributed by atoms with E-state index in [-0.39, 0.29) is 23.4 Å². The van der Waals surface area contributed by atoms with Crippen LogP contribution in [0.1, 0.15) is 53.9 Å². The smallest absolute Gasteiger partial charge is 0.190 e. The van der Waals surface area contributed by atoms with Gasteiger partial charge >= 0.3 is 0 Å². The standard InChI is InChI=1S/C20H28O3/c1-12-6-7-16-17(20(16,4)5)11-14(3)19(23)18(22)10-13(2)9-15(21)8-12/h8,10-11,16-18,22H,6-7,9H2,1-5H3/b12-8?,13-10?,14-11+/t16-,17+,18+/m1/s1. The number of fused-ring (bicyclic) bond motifs is 1. The molecule has 0 spiro atoms. The highest BCUT2D eigenvalue weighted by atomic mass is 16.3. The number of hydrogen-bond donors (Lipinski definition) is 1. The maximum absolute atomic E-state index is 12.3. The Morgan fingerprint density at radius 3 is 2.39 bits per heavy atom. The van der Waals surface area contributed by atoms with Crippen molar-refractivity contribution in [3.8, 4) is 0 Å². The Morgan fingerprint density at radius 2 is 1.74 bits per heavy atom. The molecule has 2 rings (SSSR count). The lowest BCUT2D eigenvalue weighted by Crippen LogP contribution is -2.19. The average molecular weight is 316 g/mol. The SMILES string of the molecule is CC1=CC(=O)CC(C)=C[C@H](O)C(=O)/C(C)=C/[C@H]2[C@@H](CC1)C2(C)C. The minimum atomic E-state index is -1.16. The quantitative estimate of drug-likeness (QED) is 0.692. The predicted molar refractivity (Wildman–Crippen MR) is 91.9 cm³/mol. The molecule has 3 heteroatoms. The van der Waals surface area contributed by atoms with Crippen LogP contribution in [0.4, 0.5) is 0 Å². The normalized spacial score (nSPS) is 34.5. The third-order valence-corrected chi connectivity index (χ3v) is 5.38. The van der Waals surface area contributed by atoms with Gasteiger partial charge in [-0.2, -0.15) is 0 Å². The Labute approximate surface area is 139 Å². The van der Waals surface area contributed by atoms with Crippen molar-refractivity contribution in [1.29, 1.82) is 0 Å². The molecule has 3 atom stereocenters. The molecule has 2 aliphatic rings. The van der Waals surface area contributed by atoms with Crippen LogP contribution in [0.15, 0.2) is 34.9 Å². The van der Waals surface area contributed by atoms with E-state index in [4.69, 9.17) is 0 Å². The number of carbonyl (C=O) groups excluding carboxylic acids is 2. The summed E-state index contributed by atoms with van der Waals surface area (Å²) in [4.78, 5) is 24.4. The van der Waals surface area contributed by atoms with Crippen LogP contribution in [-0.4, -0.2) is 22.8 Å². The van der Waals surface area contributed by atoms with Gasteiger partial charge in [-0.3, -0.25) is 9.59 Å². The van der Waals surface area contributed by atoms with E-state index in [1.165, 1.54) is 6.08 Å². The molecule has 3 nitrogen and oxygen atoms in total. The second kappa shape index (κ2) is 6.56. The Morgan fingerprint density at radius 1 is 1.09 bits per heavy atom. The van der Waals surface area contributed by atoms with Crippen molar-refractivity contribution >= 4 is 11.6 Å². The molecule has 1 N–H and O–H groups in total. The topological polar surface area (TPSA) is 54.4 Å². The van der Waals surface area contributed by atoms with E-state index in [2.05, 4.69) is 13.8 Å². The zero-order valence-electron chi connectivity index (χ0n) is 14.8. The van der Waals surface area contributed by atoms with E-state index < -0.39 is 6.10 Å². The number of hydrogen-bond acceptors (Lipinski definition) is 3. The first-order valence-corrected chi connectivity index (χ1v) is 8.41. The number of allylic oxidation sites excluding steroid dienone is 4. The second-order valence-corrected chi connectivity index (χ2v) is 7.80. The minimum absolute atomic E-state index is 0.0341. The van der Waals surface area contributed by atoms with Crippen LogP contribution in [0.3, 0.4) is 0 Å². The first-order valence-electron chi connectivity index (χ1n) is 8.41. The van der Waals surface area contributed by atoms with E-state index in [0.717, 1.165) is 24.0 Å². The van der Waals surface area contributed by atoms with Crippen LogP contribution in [0, 0.1) is 17.3 Å². The molecule has 0 bridgehead atoms. The Bertz CT molecular complexity index is 604. The Kier molecular flexibility index (Phi) is 5.10. The van der Waals surface area contributed by atoms with Crippen molar-refractivity contribution in [3.05, 3.63) is 34.9 Å². The number of Topliss-reactive ketones (excluding diaryl/α,β-unsaturated/α-hetero) is 1. The molecule has 0 aromatic heterocycles. The summed E-state index contributed by atoms with van der Waals surface area (Å²) in [6, 6.07) is 0. The number of aliphatic hydroxyl groups is 1. The van der Waals surface area contributed by atoms with Gasteiger partial charge in [-0.05, 0) is 68.6 Å². The highest BCUT2D eigenvalue weighted by molar-refractivity contribution is 5.99. The van der Waals surface area contributed by atoms with Gasteiger partial charge in [-0.1, -0.05) is 31.1 Å². The third kappa shape index (κ3) is 4.08. The van der Waals surface area contributed by atoms with Gasteiger partial charge in [0, 0.05) is 6.42 Å². The van der Waals surface area contributed by atoms with Crippen LogP contribution < -0.4 is 0 Å². The van der Waals surface area contributed by atoms with Crippen LogP contribution in [0.2, 0.25) is 0 Å². The van der Waals surface area contributed by atoms with E-state index in [0.29, 0.717) is 17.4 Å². The highest BCUT2D eigenvalue weighted by Gasteiger charge is 2.55. The highest BCUT2D eigenvalue weighted by Crippen LogP contribution is 2.61. The van der Waals surface area contributed by atoms with Crippen LogP contribution >= 0.6 is 0 Å². The number of carbonyl (C=O) groups is 2. The van der Waals surface area contributed by atoms with Crippen LogP contribution in [0.5, 0.6) is 0 Å². The summed E-state index contributed by atoms with van der Waals surface area (Å²) in [6.07, 6.45) is 6.29. The molecular weight excluding hydrogens is 288 g/mol. The van der Waals surface area contributed by atoms with Crippen molar-refractivity contribution in [3.63, 3.8) is 0 Å². The summed E-state index contributed by atoms with van der Waals surface area (Å²) in [5.74, 6) is 0.671. The molecule has 0 aromatic carbocycles. The molecule has 0 amide bonds. The minimum Gasteiger partial charge on any atom is -0.381 e. The summed E-state index contributed by atoms with van der Waals surface area (Å²) in [7, 11) is 0. The van der Waals surface area contributed by atoms with E-state index >= 15 is 0 Å². The largest absolute Gasteiger partial charge is 0.381 e. The molecule has 1 saturated carbocycles. The molecule has 0 aliphatic heterocycles. The molecule has 1 fully saturated rings. The van der Waals surface area contributed by atoms with Crippen LogP contribution in [0.25, 0.3) is 0 Å². The second-order valence-electron chi connectivity index (χ2n) is 7.80. The first kappa shape index (κ1) is 17.9. The van der Waals surface area contributed by atoms with Gasteiger partial charge in [0.15, 0.2) is 11.6 Å². The first-order chi connectivity index (χ1) is 10.6. The molecule has 23 heavy (non-hydrogen) atoms. The van der Waals surface area contributed by atoms with Gasteiger partial charge in [-0.15, -0.1) is 0 Å². The maximum atomic E-state index is 12.3. The summed E-state index contributed by atoms with van der Waals surface area (Å²) >= 11 is 0. The van der Waals surface area contributed by atoms with Gasteiger partial charge in [0.1, 0.15) is 6.10 Å². The molecular formula is C20H28O3. The van der Waals surface area contributed by atoms with Gasteiger partial charge in [0.2, 0.25) is 0 Å². The lowest BCUT2D eigenvalue weighted by molar-refractivity contribution is -0.121. The van der Waals surface area contributed by atoms with Gasteiger partial charge in [-0.25, -0.2) is 0 Å². The monoisotopic (exact) mass is 316 g/mol. The van der Waals surface area contributed by atoms with Crippen molar-refractivity contribution < 1.29 is 14.7 Å². The zero-order valence-corrected chi connectivity index (χ0v) is 14.8. The molecule has 0 saturated heterocycles. The lowest BCUT2D eigenvalue weighted by Gasteiger charge is -2.08. The molecule has 2 aliphatic carbocycles. The average Bonchev–Trinajstić information content (AvgIpc) is 2.94. The summed E-state index contributed by atoms with van der Waals surface area (Å²) in [5, 5.41) is 10.1. The lowest BCUT2D eigenvalue weighted by atomic mass is 9.99. The fraction of sp³-hybridized carbons (Fsp3) is 0.600. The summed E-state index contributed by atoms with van der Waals surface area (Å²) in [6.45, 7) is 10.0. The number of rotatable bonds is 0. The van der Waals surface area contributed by atoms with Crippen molar-refractivity contribution in [2.24, 2.45) is 17.3 Å². The fourth-order valence-electron chi connectivity index (χ4n) is 3.71. The van der Waals surface area contributed by atoms with Crippen molar-refractivity contribution in [2.75, 3.05) is 0 Å². The predicted octanol–water partition coefficient (Wildman–Crippen LogP) is 3.78. The fourth-order valence-corrected chi connectivity index (χ4v) is 3.71. The summed E-state index contributed by atoms with van der Waals surface area (Å²) in [5.41, 5.74) is 2.65.